The molecule has 1 N–H and O–H groups in total. The molecule has 4 heteroatoms. The van der Waals surface area contributed by atoms with Crippen molar-refractivity contribution in [3.63, 3.8) is 0 Å². The third-order valence-corrected chi connectivity index (χ3v) is 5.81. The molecule has 0 unspecified atom stereocenters. The van der Waals surface area contributed by atoms with E-state index in [9.17, 15) is 0 Å². The number of benzene rings is 1. The van der Waals surface area contributed by atoms with E-state index in [2.05, 4.69) is 47.3 Å². The van der Waals surface area contributed by atoms with Crippen LogP contribution in [-0.4, -0.2) is 11.5 Å². The molecule has 3 aromatic rings. The Morgan fingerprint density at radius 3 is 2.90 bits per heavy atom. The molecule has 0 amide bonds. The predicted molar refractivity (Wildman–Crippen MR) is 91.0 cm³/mol. The summed E-state index contributed by atoms with van der Waals surface area (Å²) in [6, 6.07) is 8.74. The number of nitrogens with zero attached hydrogens (tertiary/aromatic N) is 1. The van der Waals surface area contributed by atoms with E-state index in [1.54, 1.807) is 11.3 Å². The van der Waals surface area contributed by atoms with Crippen molar-refractivity contribution in [2.45, 2.75) is 19.9 Å². The first-order valence-corrected chi connectivity index (χ1v) is 8.91. The molecule has 1 aliphatic heterocycles. The normalized spacial score (nSPS) is 14.1. The van der Waals surface area contributed by atoms with Gasteiger partial charge in [-0.1, -0.05) is 18.2 Å². The molecule has 1 aliphatic rings. The minimum Gasteiger partial charge on any atom is -0.311 e. The molecule has 21 heavy (non-hydrogen) atoms. The Morgan fingerprint density at radius 1 is 1.19 bits per heavy atom. The van der Waals surface area contributed by atoms with Gasteiger partial charge >= 0.3 is 0 Å². The zero-order valence-corrected chi connectivity index (χ0v) is 13.5. The van der Waals surface area contributed by atoms with Crippen molar-refractivity contribution in [2.24, 2.45) is 0 Å². The molecule has 3 heterocycles. The molecular formula is C17H16N2S2. The Balaban J connectivity index is 1.82. The van der Waals surface area contributed by atoms with Gasteiger partial charge in [-0.15, -0.1) is 11.3 Å². The monoisotopic (exact) mass is 312 g/mol. The van der Waals surface area contributed by atoms with Crippen molar-refractivity contribution >= 4 is 22.7 Å². The van der Waals surface area contributed by atoms with Crippen LogP contribution in [0.25, 0.3) is 21.7 Å². The molecular weight excluding hydrogens is 296 g/mol. The maximum absolute atomic E-state index is 4.89. The van der Waals surface area contributed by atoms with Gasteiger partial charge < -0.3 is 5.32 Å². The van der Waals surface area contributed by atoms with E-state index < -0.39 is 0 Å². The molecule has 2 aromatic heterocycles. The first kappa shape index (κ1) is 13.2. The summed E-state index contributed by atoms with van der Waals surface area (Å²) in [5, 5.41) is 8.94. The van der Waals surface area contributed by atoms with Crippen molar-refractivity contribution in [2.75, 3.05) is 6.54 Å². The van der Waals surface area contributed by atoms with Gasteiger partial charge in [0.15, 0.2) is 0 Å². The van der Waals surface area contributed by atoms with E-state index in [4.69, 9.17) is 4.98 Å². The van der Waals surface area contributed by atoms with Crippen LogP contribution < -0.4 is 5.32 Å². The number of rotatable bonds is 2. The largest absolute Gasteiger partial charge is 0.311 e. The summed E-state index contributed by atoms with van der Waals surface area (Å²) >= 11 is 3.58. The van der Waals surface area contributed by atoms with Gasteiger partial charge in [-0.25, -0.2) is 4.98 Å². The second kappa shape index (κ2) is 5.37. The maximum atomic E-state index is 4.89. The maximum Gasteiger partial charge on any atom is 0.124 e. The molecule has 0 saturated carbocycles. The average Bonchev–Trinajstić information content (AvgIpc) is 3.16. The summed E-state index contributed by atoms with van der Waals surface area (Å²) in [5.41, 5.74) is 6.52. The number of thiophene rings is 1. The number of nitrogens with one attached hydrogen (secondary N) is 1. The van der Waals surface area contributed by atoms with Gasteiger partial charge in [-0.2, -0.15) is 11.3 Å². The van der Waals surface area contributed by atoms with Crippen LogP contribution in [0.1, 0.15) is 16.1 Å². The highest BCUT2D eigenvalue weighted by atomic mass is 32.1. The quantitative estimate of drug-likeness (QED) is 0.754. The van der Waals surface area contributed by atoms with E-state index >= 15 is 0 Å². The third-order valence-electron chi connectivity index (χ3n) is 4.00. The fourth-order valence-corrected chi connectivity index (χ4v) is 4.65. The zero-order chi connectivity index (χ0) is 14.2. The number of hydrogen-bond acceptors (Lipinski definition) is 4. The lowest BCUT2D eigenvalue weighted by molar-refractivity contribution is 0.644. The Bertz CT molecular complexity index is 749. The second-order valence-corrected chi connectivity index (χ2v) is 7.17. The van der Waals surface area contributed by atoms with Crippen LogP contribution in [-0.2, 0) is 13.0 Å². The summed E-state index contributed by atoms with van der Waals surface area (Å²) in [7, 11) is 0. The fourth-order valence-electron chi connectivity index (χ4n) is 2.84. The lowest BCUT2D eigenvalue weighted by Crippen LogP contribution is -2.22. The molecule has 0 fully saturated rings. The highest BCUT2D eigenvalue weighted by Gasteiger charge is 2.17. The lowest BCUT2D eigenvalue weighted by Gasteiger charge is -2.09. The number of hydrogen-bond donors (Lipinski definition) is 1. The van der Waals surface area contributed by atoms with Gasteiger partial charge in [0, 0.05) is 30.0 Å². The smallest absolute Gasteiger partial charge is 0.124 e. The van der Waals surface area contributed by atoms with Crippen LogP contribution in [0.2, 0.25) is 0 Å². The van der Waals surface area contributed by atoms with Crippen LogP contribution in [0.3, 0.4) is 0 Å². The first-order chi connectivity index (χ1) is 10.3. The Morgan fingerprint density at radius 2 is 2.10 bits per heavy atom. The average molecular weight is 312 g/mol. The summed E-state index contributed by atoms with van der Waals surface area (Å²) in [6.07, 6.45) is 1.05. The van der Waals surface area contributed by atoms with Crippen LogP contribution in [0.4, 0.5) is 0 Å². The van der Waals surface area contributed by atoms with Gasteiger partial charge in [0.1, 0.15) is 5.01 Å². The van der Waals surface area contributed by atoms with Crippen LogP contribution in [0.5, 0.6) is 0 Å². The SMILES string of the molecule is Cc1c(-c2ccsc2)cccc1-c1nc2c(s1)CNCC2. The van der Waals surface area contributed by atoms with Gasteiger partial charge in [-0.05, 0) is 40.4 Å². The third kappa shape index (κ3) is 2.33. The second-order valence-electron chi connectivity index (χ2n) is 5.31. The highest BCUT2D eigenvalue weighted by molar-refractivity contribution is 7.15. The van der Waals surface area contributed by atoms with Crippen molar-refractivity contribution in [1.82, 2.24) is 10.3 Å². The Kier molecular flexibility index (Phi) is 3.37. The fraction of sp³-hybridized carbons (Fsp3) is 0.235. The van der Waals surface area contributed by atoms with Gasteiger partial charge in [-0.3, -0.25) is 0 Å². The Hall–Kier alpha value is -1.49. The number of fused-ring (bicyclic) bond motifs is 1. The zero-order valence-electron chi connectivity index (χ0n) is 11.8. The first-order valence-electron chi connectivity index (χ1n) is 7.15. The van der Waals surface area contributed by atoms with Crippen LogP contribution in [0, 0.1) is 6.92 Å². The van der Waals surface area contributed by atoms with Gasteiger partial charge in [0.05, 0.1) is 5.69 Å². The van der Waals surface area contributed by atoms with Crippen molar-refractivity contribution < 1.29 is 0 Å². The molecule has 0 spiro atoms. The lowest BCUT2D eigenvalue weighted by atomic mass is 9.98. The van der Waals surface area contributed by atoms with E-state index in [0.717, 1.165) is 19.5 Å². The summed E-state index contributed by atoms with van der Waals surface area (Å²) in [6.45, 7) is 4.22. The van der Waals surface area contributed by atoms with E-state index in [-0.39, 0.29) is 0 Å². The molecule has 0 saturated heterocycles. The Labute approximate surface area is 132 Å². The molecule has 2 nitrogen and oxygen atoms in total. The van der Waals surface area contributed by atoms with Crippen molar-refractivity contribution in [3.8, 4) is 21.7 Å². The number of thiazole rings is 1. The van der Waals surface area contributed by atoms with E-state index in [0.29, 0.717) is 0 Å². The van der Waals surface area contributed by atoms with Crippen LogP contribution >= 0.6 is 22.7 Å². The van der Waals surface area contributed by atoms with Crippen LogP contribution in [0.15, 0.2) is 35.0 Å². The molecule has 0 radical (unpaired) electrons. The number of aromatic nitrogens is 1. The molecule has 0 aliphatic carbocycles. The van der Waals surface area contributed by atoms with E-state index in [1.807, 2.05) is 11.3 Å². The topological polar surface area (TPSA) is 24.9 Å². The minimum atomic E-state index is 0.969. The summed E-state index contributed by atoms with van der Waals surface area (Å²) < 4.78 is 0. The molecule has 1 aromatic carbocycles. The standard InChI is InChI=1S/C17H16N2S2/c1-11-13(12-6-8-20-10-12)3-2-4-14(11)17-19-15-5-7-18-9-16(15)21-17/h2-4,6,8,10,18H,5,7,9H2,1H3. The minimum absolute atomic E-state index is 0.969. The summed E-state index contributed by atoms with van der Waals surface area (Å²) in [4.78, 5) is 6.29. The van der Waals surface area contributed by atoms with E-state index in [1.165, 1.54) is 37.8 Å². The van der Waals surface area contributed by atoms with Crippen molar-refractivity contribution in [3.05, 3.63) is 51.2 Å². The van der Waals surface area contributed by atoms with Gasteiger partial charge in [0.25, 0.3) is 0 Å². The van der Waals surface area contributed by atoms with Gasteiger partial charge in [0.2, 0.25) is 0 Å². The molecule has 106 valence electrons. The van der Waals surface area contributed by atoms with Crippen molar-refractivity contribution in [1.29, 1.82) is 0 Å². The predicted octanol–water partition coefficient (Wildman–Crippen LogP) is 4.49. The highest BCUT2D eigenvalue weighted by Crippen LogP contribution is 2.36. The molecule has 0 atom stereocenters. The molecule has 0 bridgehead atoms. The molecule has 4 rings (SSSR count). The summed E-state index contributed by atoms with van der Waals surface area (Å²) in [5.74, 6) is 0.